The number of nitrogens with zero attached hydrogens (tertiary/aromatic N) is 5. The third-order valence-corrected chi connectivity index (χ3v) is 5.67. The molecule has 0 radical (unpaired) electrons. The Balaban J connectivity index is 1.41. The van der Waals surface area contributed by atoms with Crippen LogP contribution < -0.4 is 4.90 Å². The van der Waals surface area contributed by atoms with Gasteiger partial charge in [0.15, 0.2) is 11.5 Å². The molecular formula is C19H27N5O3. The van der Waals surface area contributed by atoms with Crippen LogP contribution in [0.2, 0.25) is 0 Å². The first-order valence-electron chi connectivity index (χ1n) is 9.74. The van der Waals surface area contributed by atoms with Crippen LogP contribution in [0.5, 0.6) is 0 Å². The Morgan fingerprint density at radius 2 is 2.15 bits per heavy atom. The largest absolute Gasteiger partial charge is 0.361 e. The summed E-state index contributed by atoms with van der Waals surface area (Å²) in [5.74, 6) is 1.92. The van der Waals surface area contributed by atoms with Gasteiger partial charge in [-0.15, -0.1) is 0 Å². The number of amides is 1. The van der Waals surface area contributed by atoms with Crippen molar-refractivity contribution in [2.75, 3.05) is 18.5 Å². The third-order valence-electron chi connectivity index (χ3n) is 5.67. The van der Waals surface area contributed by atoms with Gasteiger partial charge in [0, 0.05) is 32.6 Å². The van der Waals surface area contributed by atoms with E-state index in [9.17, 15) is 9.90 Å². The number of rotatable bonds is 7. The van der Waals surface area contributed by atoms with Crippen molar-refractivity contribution in [3.8, 4) is 0 Å². The number of carbonyl (C=O) groups is 1. The van der Waals surface area contributed by atoms with Crippen LogP contribution in [0.3, 0.4) is 0 Å². The van der Waals surface area contributed by atoms with Crippen molar-refractivity contribution >= 4 is 11.7 Å². The first-order valence-corrected chi connectivity index (χ1v) is 9.74. The van der Waals surface area contributed by atoms with Crippen LogP contribution in [-0.4, -0.2) is 50.6 Å². The van der Waals surface area contributed by atoms with Gasteiger partial charge in [-0.3, -0.25) is 9.69 Å². The van der Waals surface area contributed by atoms with Crippen LogP contribution in [0.4, 0.5) is 5.82 Å². The van der Waals surface area contributed by atoms with Crippen molar-refractivity contribution in [2.45, 2.75) is 58.3 Å². The quantitative estimate of drug-likeness (QED) is 0.749. The average Bonchev–Trinajstić information content (AvgIpc) is 3.22. The number of unbranched alkanes of at least 4 members (excludes halogenated alkanes) is 1. The molecule has 1 unspecified atom stereocenters. The second-order valence-corrected chi connectivity index (χ2v) is 7.71. The molecule has 8 heteroatoms. The summed E-state index contributed by atoms with van der Waals surface area (Å²) in [5.41, 5.74) is 1.47. The molecule has 1 atom stereocenters. The number of aryl methyl sites for hydroxylation is 2. The highest BCUT2D eigenvalue weighted by Crippen LogP contribution is 2.32. The van der Waals surface area contributed by atoms with E-state index in [2.05, 4.69) is 10.1 Å². The predicted octanol–water partition coefficient (Wildman–Crippen LogP) is 2.17. The summed E-state index contributed by atoms with van der Waals surface area (Å²) >= 11 is 0. The second-order valence-electron chi connectivity index (χ2n) is 7.71. The maximum absolute atomic E-state index is 13.1. The Hall–Kier alpha value is -2.35. The first-order chi connectivity index (χ1) is 13.0. The Morgan fingerprint density at radius 3 is 2.81 bits per heavy atom. The van der Waals surface area contributed by atoms with E-state index < -0.39 is 6.35 Å². The van der Waals surface area contributed by atoms with Gasteiger partial charge in [0.1, 0.15) is 5.76 Å². The molecular weight excluding hydrogens is 346 g/mol. The SMILES string of the molecule is Cc1cc(CCCCN2C(=O)c3c(ncn3CC3CCC3)N(C)C2O)on1. The van der Waals surface area contributed by atoms with Crippen molar-refractivity contribution in [1.29, 1.82) is 0 Å². The highest BCUT2D eigenvalue weighted by atomic mass is 16.5. The molecule has 8 nitrogen and oxygen atoms in total. The lowest BCUT2D eigenvalue weighted by atomic mass is 9.85. The highest BCUT2D eigenvalue weighted by molar-refractivity contribution is 5.99. The number of imidazole rings is 1. The van der Waals surface area contributed by atoms with E-state index in [-0.39, 0.29) is 5.91 Å². The van der Waals surface area contributed by atoms with E-state index >= 15 is 0 Å². The van der Waals surface area contributed by atoms with Crippen molar-refractivity contribution < 1.29 is 14.4 Å². The van der Waals surface area contributed by atoms with E-state index in [1.807, 2.05) is 17.6 Å². The summed E-state index contributed by atoms with van der Waals surface area (Å²) in [7, 11) is 1.78. The van der Waals surface area contributed by atoms with Crippen molar-refractivity contribution in [1.82, 2.24) is 19.6 Å². The van der Waals surface area contributed by atoms with Gasteiger partial charge in [0.25, 0.3) is 5.91 Å². The molecule has 1 amide bonds. The van der Waals surface area contributed by atoms with E-state index in [1.165, 1.54) is 24.2 Å². The van der Waals surface area contributed by atoms with Crippen LogP contribution >= 0.6 is 0 Å². The van der Waals surface area contributed by atoms with Crippen LogP contribution in [0.1, 0.15) is 54.0 Å². The van der Waals surface area contributed by atoms with Crippen LogP contribution in [-0.2, 0) is 13.0 Å². The number of aliphatic hydroxyl groups is 1. The molecule has 27 heavy (non-hydrogen) atoms. The molecule has 2 aliphatic rings. The number of aliphatic hydroxyl groups excluding tert-OH is 1. The predicted molar refractivity (Wildman–Crippen MR) is 99.2 cm³/mol. The minimum absolute atomic E-state index is 0.136. The molecule has 1 N–H and O–H groups in total. The number of fused-ring (bicyclic) bond motifs is 1. The highest BCUT2D eigenvalue weighted by Gasteiger charge is 2.38. The van der Waals surface area contributed by atoms with Crippen molar-refractivity contribution in [3.05, 3.63) is 29.5 Å². The number of aromatic nitrogens is 3. The Bertz CT molecular complexity index is 810. The normalized spacial score (nSPS) is 20.1. The molecule has 0 bridgehead atoms. The van der Waals surface area contributed by atoms with Gasteiger partial charge < -0.3 is 19.1 Å². The van der Waals surface area contributed by atoms with E-state index in [4.69, 9.17) is 4.52 Å². The number of hydrogen-bond donors (Lipinski definition) is 1. The molecule has 0 saturated heterocycles. The van der Waals surface area contributed by atoms with Crippen molar-refractivity contribution in [2.24, 2.45) is 5.92 Å². The van der Waals surface area contributed by atoms with E-state index in [0.29, 0.717) is 24.0 Å². The second kappa shape index (κ2) is 7.34. The Labute approximate surface area is 158 Å². The van der Waals surface area contributed by atoms with Gasteiger partial charge >= 0.3 is 0 Å². The maximum atomic E-state index is 13.1. The molecule has 4 rings (SSSR count). The monoisotopic (exact) mass is 373 g/mol. The van der Waals surface area contributed by atoms with Gasteiger partial charge in [-0.2, -0.15) is 0 Å². The maximum Gasteiger partial charge on any atom is 0.277 e. The van der Waals surface area contributed by atoms with Crippen LogP contribution in [0.15, 0.2) is 16.9 Å². The average molecular weight is 373 g/mol. The third kappa shape index (κ3) is 3.45. The van der Waals surface area contributed by atoms with E-state index in [0.717, 1.165) is 37.3 Å². The zero-order valence-corrected chi connectivity index (χ0v) is 16.0. The number of carbonyl (C=O) groups excluding carboxylic acids is 1. The number of anilines is 1. The topological polar surface area (TPSA) is 87.6 Å². The number of hydrogen-bond acceptors (Lipinski definition) is 6. The summed E-state index contributed by atoms with van der Waals surface area (Å²) < 4.78 is 7.19. The Morgan fingerprint density at radius 1 is 1.33 bits per heavy atom. The lowest BCUT2D eigenvalue weighted by molar-refractivity contribution is 0.00228. The smallest absolute Gasteiger partial charge is 0.277 e. The minimum atomic E-state index is -0.982. The molecule has 1 aliphatic carbocycles. The van der Waals surface area contributed by atoms with Gasteiger partial charge in [-0.25, -0.2) is 4.98 Å². The molecule has 3 heterocycles. The molecule has 1 fully saturated rings. The molecule has 0 aromatic carbocycles. The van der Waals surface area contributed by atoms with Crippen molar-refractivity contribution in [3.63, 3.8) is 0 Å². The molecule has 1 saturated carbocycles. The van der Waals surface area contributed by atoms with Gasteiger partial charge in [-0.05, 0) is 38.5 Å². The molecule has 146 valence electrons. The molecule has 2 aromatic rings. The minimum Gasteiger partial charge on any atom is -0.361 e. The van der Waals surface area contributed by atoms with Gasteiger partial charge in [-0.1, -0.05) is 11.6 Å². The molecule has 0 spiro atoms. The lowest BCUT2D eigenvalue weighted by Crippen LogP contribution is -2.54. The zero-order valence-electron chi connectivity index (χ0n) is 16.0. The molecule has 1 aliphatic heterocycles. The standard InChI is InChI=1S/C19H27N5O3/c1-13-10-15(27-21-13)8-3-4-9-24-18(25)16-17(22(2)19(24)26)20-12-23(16)11-14-6-5-7-14/h10,12,14,19,26H,3-9,11H2,1-2H3. The Kier molecular flexibility index (Phi) is 4.90. The van der Waals surface area contributed by atoms with Crippen LogP contribution in [0.25, 0.3) is 0 Å². The zero-order chi connectivity index (χ0) is 19.0. The fourth-order valence-corrected chi connectivity index (χ4v) is 3.83. The van der Waals surface area contributed by atoms with Crippen LogP contribution in [0, 0.1) is 12.8 Å². The summed E-state index contributed by atoms with van der Waals surface area (Å²) in [5, 5.41) is 14.5. The van der Waals surface area contributed by atoms with E-state index in [1.54, 1.807) is 18.3 Å². The molecule has 2 aromatic heterocycles. The van der Waals surface area contributed by atoms with Gasteiger partial charge in [0.2, 0.25) is 6.35 Å². The summed E-state index contributed by atoms with van der Waals surface area (Å²) in [6.45, 7) is 3.22. The fraction of sp³-hybridized carbons (Fsp3) is 0.632. The summed E-state index contributed by atoms with van der Waals surface area (Å²) in [6, 6.07) is 1.93. The summed E-state index contributed by atoms with van der Waals surface area (Å²) in [6.07, 6.45) is 6.87. The van der Waals surface area contributed by atoms with Gasteiger partial charge in [0.05, 0.1) is 12.0 Å². The summed E-state index contributed by atoms with van der Waals surface area (Å²) in [4.78, 5) is 20.7. The first kappa shape index (κ1) is 18.0. The lowest BCUT2D eigenvalue weighted by Gasteiger charge is -2.39. The fourth-order valence-electron chi connectivity index (χ4n) is 3.83.